The van der Waals surface area contributed by atoms with Crippen molar-refractivity contribution in [3.8, 4) is 0 Å². The SMILES string of the molecule is CC1C2CCC(C2)N1I. The molecule has 3 unspecified atom stereocenters. The first kappa shape index (κ1) is 6.40. The van der Waals surface area contributed by atoms with Gasteiger partial charge in [-0.15, -0.1) is 0 Å². The molecule has 1 saturated heterocycles. The summed E-state index contributed by atoms with van der Waals surface area (Å²) in [5.74, 6) is 1.03. The predicted octanol–water partition coefficient (Wildman–Crippen LogP) is 2.21. The van der Waals surface area contributed by atoms with Crippen molar-refractivity contribution in [2.24, 2.45) is 5.92 Å². The quantitative estimate of drug-likeness (QED) is 0.461. The zero-order valence-electron chi connectivity index (χ0n) is 5.68. The molecule has 2 fully saturated rings. The van der Waals surface area contributed by atoms with Crippen molar-refractivity contribution in [1.29, 1.82) is 0 Å². The Hall–Kier alpha value is 0.690. The van der Waals surface area contributed by atoms with Crippen LogP contribution in [0, 0.1) is 5.92 Å². The summed E-state index contributed by atoms with van der Waals surface area (Å²) in [7, 11) is 0. The van der Waals surface area contributed by atoms with E-state index >= 15 is 0 Å². The van der Waals surface area contributed by atoms with Crippen LogP contribution in [0.5, 0.6) is 0 Å². The van der Waals surface area contributed by atoms with Gasteiger partial charge in [0.05, 0.1) is 0 Å². The van der Waals surface area contributed by atoms with Crippen molar-refractivity contribution in [2.45, 2.75) is 38.3 Å². The Morgan fingerprint density at radius 2 is 2.22 bits per heavy atom. The maximum Gasteiger partial charge on any atom is 0.0207 e. The number of hydrogen-bond donors (Lipinski definition) is 0. The first-order valence-corrected chi connectivity index (χ1v) is 4.69. The van der Waals surface area contributed by atoms with Gasteiger partial charge < -0.3 is 0 Å². The second-order valence-electron chi connectivity index (χ2n) is 3.31. The zero-order chi connectivity index (χ0) is 6.43. The van der Waals surface area contributed by atoms with Crippen molar-refractivity contribution < 1.29 is 0 Å². The molecule has 2 aliphatic rings. The number of fused-ring (bicyclic) bond motifs is 2. The van der Waals surface area contributed by atoms with Crippen LogP contribution in [0.2, 0.25) is 0 Å². The lowest BCUT2D eigenvalue weighted by molar-refractivity contribution is 0.305. The van der Waals surface area contributed by atoms with E-state index in [-0.39, 0.29) is 0 Å². The maximum absolute atomic E-state index is 2.52. The lowest BCUT2D eigenvalue weighted by Crippen LogP contribution is -2.30. The molecule has 3 atom stereocenters. The molecule has 2 heteroatoms. The average molecular weight is 237 g/mol. The molecule has 0 aromatic carbocycles. The van der Waals surface area contributed by atoms with Crippen LogP contribution in [0.4, 0.5) is 0 Å². The van der Waals surface area contributed by atoms with Crippen LogP contribution in [0.3, 0.4) is 0 Å². The molecule has 0 aromatic rings. The zero-order valence-corrected chi connectivity index (χ0v) is 7.84. The number of hydrogen-bond acceptors (Lipinski definition) is 1. The van der Waals surface area contributed by atoms with Gasteiger partial charge in [0.2, 0.25) is 0 Å². The fraction of sp³-hybridized carbons (Fsp3) is 1.00. The fourth-order valence-corrected chi connectivity index (χ4v) is 3.15. The molecule has 9 heavy (non-hydrogen) atoms. The molecule has 0 radical (unpaired) electrons. The highest BCUT2D eigenvalue weighted by Crippen LogP contribution is 2.43. The number of rotatable bonds is 0. The summed E-state index contributed by atoms with van der Waals surface area (Å²) in [5, 5.41) is 0. The molecular formula is C7H12IN. The highest BCUT2D eigenvalue weighted by atomic mass is 127. The Kier molecular flexibility index (Phi) is 1.49. The molecule has 52 valence electrons. The Morgan fingerprint density at radius 3 is 2.56 bits per heavy atom. The number of nitrogens with zero attached hydrogens (tertiary/aromatic N) is 1. The molecule has 1 saturated carbocycles. The third kappa shape index (κ3) is 0.827. The molecule has 1 aliphatic heterocycles. The van der Waals surface area contributed by atoms with E-state index in [1.807, 2.05) is 0 Å². The molecule has 1 nitrogen and oxygen atoms in total. The normalized spacial score (nSPS) is 50.7. The summed E-state index contributed by atoms with van der Waals surface area (Å²) >= 11 is 2.48. The van der Waals surface area contributed by atoms with Crippen LogP contribution in [0.1, 0.15) is 26.2 Å². The minimum atomic E-state index is 0.865. The monoisotopic (exact) mass is 237 g/mol. The highest BCUT2D eigenvalue weighted by molar-refractivity contribution is 14.1. The van der Waals surface area contributed by atoms with E-state index in [0.29, 0.717) is 0 Å². The average Bonchev–Trinajstić information content (AvgIpc) is 2.37. The van der Waals surface area contributed by atoms with E-state index in [2.05, 4.69) is 32.9 Å². The van der Waals surface area contributed by atoms with Gasteiger partial charge >= 0.3 is 0 Å². The summed E-state index contributed by atoms with van der Waals surface area (Å²) in [6, 6.07) is 1.80. The Balaban J connectivity index is 2.15. The summed E-state index contributed by atoms with van der Waals surface area (Å²) in [5.41, 5.74) is 0. The molecule has 0 spiro atoms. The predicted molar refractivity (Wildman–Crippen MR) is 46.5 cm³/mol. The lowest BCUT2D eigenvalue weighted by Gasteiger charge is -2.26. The minimum Gasteiger partial charge on any atom is -0.241 e. The van der Waals surface area contributed by atoms with Crippen LogP contribution in [-0.2, 0) is 0 Å². The second-order valence-corrected chi connectivity index (χ2v) is 4.43. The third-order valence-corrected chi connectivity index (χ3v) is 4.53. The standard InChI is InChI=1S/C7H12IN/c1-5-6-2-3-7(4-6)9(5)8/h5-7H,2-4H2,1H3. The van der Waals surface area contributed by atoms with Crippen LogP contribution in [0.25, 0.3) is 0 Å². The first-order valence-electron chi connectivity index (χ1n) is 3.73. The summed E-state index contributed by atoms with van der Waals surface area (Å²) in [6.45, 7) is 2.36. The van der Waals surface area contributed by atoms with Crippen molar-refractivity contribution in [2.75, 3.05) is 0 Å². The first-order chi connectivity index (χ1) is 4.29. The van der Waals surface area contributed by atoms with Crippen LogP contribution >= 0.6 is 22.9 Å². The molecule has 0 amide bonds. The van der Waals surface area contributed by atoms with Crippen molar-refractivity contribution in [3.05, 3.63) is 0 Å². The van der Waals surface area contributed by atoms with Crippen LogP contribution in [0.15, 0.2) is 0 Å². The van der Waals surface area contributed by atoms with Gasteiger partial charge in [-0.25, -0.2) is 3.11 Å². The van der Waals surface area contributed by atoms with E-state index < -0.39 is 0 Å². The topological polar surface area (TPSA) is 3.24 Å². The van der Waals surface area contributed by atoms with E-state index in [1.54, 1.807) is 0 Å². The molecule has 2 bridgehead atoms. The summed E-state index contributed by atoms with van der Waals surface area (Å²) in [4.78, 5) is 0. The van der Waals surface area contributed by atoms with Gasteiger partial charge in [0.1, 0.15) is 0 Å². The Labute approximate surface area is 70.3 Å². The fourth-order valence-electron chi connectivity index (χ4n) is 2.19. The van der Waals surface area contributed by atoms with Gasteiger partial charge in [-0.3, -0.25) is 0 Å². The molecule has 0 aromatic heterocycles. The Bertz CT molecular complexity index is 108. The highest BCUT2D eigenvalue weighted by Gasteiger charge is 2.42. The number of halogens is 1. The molecule has 0 N–H and O–H groups in total. The van der Waals surface area contributed by atoms with Gasteiger partial charge in [0.15, 0.2) is 0 Å². The van der Waals surface area contributed by atoms with E-state index in [4.69, 9.17) is 0 Å². The Morgan fingerprint density at radius 1 is 1.44 bits per heavy atom. The summed E-state index contributed by atoms with van der Waals surface area (Å²) < 4.78 is 2.52. The third-order valence-electron chi connectivity index (χ3n) is 2.87. The summed E-state index contributed by atoms with van der Waals surface area (Å²) in [6.07, 6.45) is 4.42. The minimum absolute atomic E-state index is 0.865. The maximum atomic E-state index is 2.52. The van der Waals surface area contributed by atoms with Gasteiger partial charge in [0.25, 0.3) is 0 Å². The van der Waals surface area contributed by atoms with E-state index in [0.717, 1.165) is 18.0 Å². The van der Waals surface area contributed by atoms with Gasteiger partial charge in [-0.1, -0.05) is 0 Å². The van der Waals surface area contributed by atoms with E-state index in [9.17, 15) is 0 Å². The van der Waals surface area contributed by atoms with E-state index in [1.165, 1.54) is 19.3 Å². The van der Waals surface area contributed by atoms with Gasteiger partial charge in [-0.2, -0.15) is 0 Å². The van der Waals surface area contributed by atoms with Crippen molar-refractivity contribution in [1.82, 2.24) is 3.11 Å². The van der Waals surface area contributed by atoms with Gasteiger partial charge in [-0.05, 0) is 32.1 Å². The largest absolute Gasteiger partial charge is 0.241 e. The second kappa shape index (κ2) is 2.09. The van der Waals surface area contributed by atoms with Crippen molar-refractivity contribution in [3.63, 3.8) is 0 Å². The van der Waals surface area contributed by atoms with Crippen LogP contribution in [-0.4, -0.2) is 15.2 Å². The lowest BCUT2D eigenvalue weighted by atomic mass is 10.0. The smallest absolute Gasteiger partial charge is 0.0207 e. The van der Waals surface area contributed by atoms with Crippen molar-refractivity contribution >= 4 is 22.9 Å². The molecular weight excluding hydrogens is 225 g/mol. The van der Waals surface area contributed by atoms with Crippen LogP contribution < -0.4 is 0 Å². The number of piperidine rings is 1. The van der Waals surface area contributed by atoms with Gasteiger partial charge in [0, 0.05) is 34.9 Å². The molecule has 1 heterocycles. The molecule has 1 aliphatic carbocycles. The molecule has 2 rings (SSSR count).